The van der Waals surface area contributed by atoms with Crippen LogP contribution in [0.4, 0.5) is 14.5 Å². The highest BCUT2D eigenvalue weighted by Crippen LogP contribution is 2.35. The quantitative estimate of drug-likeness (QED) is 0.488. The van der Waals surface area contributed by atoms with Crippen LogP contribution < -0.4 is 5.63 Å². The molecule has 0 spiro atoms. The summed E-state index contributed by atoms with van der Waals surface area (Å²) in [7, 11) is 0. The molecule has 1 amide bonds. The largest absolute Gasteiger partial charge is 0.423 e. The van der Waals surface area contributed by atoms with Crippen molar-refractivity contribution in [1.82, 2.24) is 4.90 Å². The first-order valence-electron chi connectivity index (χ1n) is 9.26. The van der Waals surface area contributed by atoms with Gasteiger partial charge in [-0.05, 0) is 54.6 Å². The predicted molar refractivity (Wildman–Crippen MR) is 115 cm³/mol. The molecule has 1 saturated heterocycles. The number of amidine groups is 1. The normalized spacial score (nSPS) is 16.8. The number of hydrogen-bond donors (Lipinski definition) is 1. The minimum atomic E-state index is -0.792. The molecule has 0 bridgehead atoms. The van der Waals surface area contributed by atoms with E-state index in [1.807, 2.05) is 0 Å². The first-order chi connectivity index (χ1) is 14.9. The molecule has 0 unspecified atom stereocenters. The summed E-state index contributed by atoms with van der Waals surface area (Å²) in [6, 6.07) is 9.53. The lowest BCUT2D eigenvalue weighted by molar-refractivity contribution is -0.122. The number of carbonyl (C=O) groups is 1. The average Bonchev–Trinajstić information content (AvgIpc) is 2.99. The van der Waals surface area contributed by atoms with Crippen molar-refractivity contribution >= 4 is 45.6 Å². The van der Waals surface area contributed by atoms with Crippen molar-refractivity contribution in [3.63, 3.8) is 0 Å². The first kappa shape index (κ1) is 21.0. The molecule has 0 atom stereocenters. The van der Waals surface area contributed by atoms with Crippen LogP contribution in [0, 0.1) is 18.6 Å². The summed E-state index contributed by atoms with van der Waals surface area (Å²) < 4.78 is 32.4. The highest BCUT2D eigenvalue weighted by Gasteiger charge is 2.33. The molecule has 3 aromatic rings. The molecule has 1 N–H and O–H groups in total. The molecule has 0 radical (unpaired) electrons. The fourth-order valence-corrected chi connectivity index (χ4v) is 4.16. The molecule has 158 valence electrons. The number of hydrogen-bond acceptors (Lipinski definition) is 6. The van der Waals surface area contributed by atoms with E-state index in [0.29, 0.717) is 11.3 Å². The zero-order valence-electron chi connectivity index (χ0n) is 16.3. The lowest BCUT2D eigenvalue weighted by Crippen LogP contribution is -2.31. The van der Waals surface area contributed by atoms with Crippen LogP contribution in [0.5, 0.6) is 0 Å². The number of carbonyl (C=O) groups excluding carboxylic acids is 1. The molecule has 0 saturated carbocycles. The van der Waals surface area contributed by atoms with E-state index in [2.05, 4.69) is 4.99 Å². The number of nitrogens with zero attached hydrogens (tertiary/aromatic N) is 2. The summed E-state index contributed by atoms with van der Waals surface area (Å²) >= 11 is 1.00. The Morgan fingerprint density at radius 2 is 1.97 bits per heavy atom. The third-order valence-corrected chi connectivity index (χ3v) is 5.63. The van der Waals surface area contributed by atoms with Gasteiger partial charge in [-0.25, -0.2) is 18.6 Å². The first-order valence-corrected chi connectivity index (χ1v) is 10.1. The lowest BCUT2D eigenvalue weighted by atomic mass is 10.1. The lowest BCUT2D eigenvalue weighted by Gasteiger charge is -2.13. The highest BCUT2D eigenvalue weighted by atomic mass is 32.2. The maximum absolute atomic E-state index is 14.0. The van der Waals surface area contributed by atoms with Gasteiger partial charge in [0.2, 0.25) is 0 Å². The van der Waals surface area contributed by atoms with Crippen molar-refractivity contribution in [2.75, 3.05) is 13.2 Å². The Morgan fingerprint density at radius 1 is 1.16 bits per heavy atom. The molecule has 0 aliphatic carbocycles. The van der Waals surface area contributed by atoms with Crippen LogP contribution in [-0.2, 0) is 4.79 Å². The van der Waals surface area contributed by atoms with Gasteiger partial charge in [0.1, 0.15) is 17.2 Å². The summed E-state index contributed by atoms with van der Waals surface area (Å²) in [4.78, 5) is 30.3. The third-order valence-electron chi connectivity index (χ3n) is 4.62. The van der Waals surface area contributed by atoms with E-state index in [0.717, 1.165) is 34.8 Å². The number of thioether (sulfide) groups is 1. The zero-order chi connectivity index (χ0) is 22.1. The van der Waals surface area contributed by atoms with Gasteiger partial charge in [0.05, 0.1) is 23.7 Å². The number of fused-ring (bicyclic) bond motifs is 1. The highest BCUT2D eigenvalue weighted by molar-refractivity contribution is 8.18. The number of amides is 1. The van der Waals surface area contributed by atoms with E-state index in [1.54, 1.807) is 25.1 Å². The summed E-state index contributed by atoms with van der Waals surface area (Å²) in [5.74, 6) is -1.96. The third kappa shape index (κ3) is 4.28. The number of rotatable bonds is 4. The van der Waals surface area contributed by atoms with Gasteiger partial charge in [-0.15, -0.1) is 0 Å². The smallest absolute Gasteiger partial charge is 0.336 e. The minimum Gasteiger partial charge on any atom is -0.423 e. The Kier molecular flexibility index (Phi) is 5.71. The van der Waals surface area contributed by atoms with Crippen LogP contribution in [-0.4, -0.2) is 34.2 Å². The van der Waals surface area contributed by atoms with Gasteiger partial charge < -0.3 is 9.52 Å². The van der Waals surface area contributed by atoms with Crippen molar-refractivity contribution in [1.29, 1.82) is 0 Å². The van der Waals surface area contributed by atoms with Gasteiger partial charge in [0.25, 0.3) is 5.91 Å². The molecule has 2 aromatic carbocycles. The monoisotopic (exact) mass is 442 g/mol. The number of β-amino-alcohol motifs (C(OH)–C–C–N with tert-alkyl or cyclic N) is 1. The van der Waals surface area contributed by atoms with Gasteiger partial charge in [0, 0.05) is 29.1 Å². The fraction of sp³-hybridized carbons (Fsp3) is 0.136. The van der Waals surface area contributed by atoms with Gasteiger partial charge >= 0.3 is 5.63 Å². The van der Waals surface area contributed by atoms with E-state index in [4.69, 9.17) is 4.42 Å². The number of benzene rings is 2. The zero-order valence-corrected chi connectivity index (χ0v) is 17.1. The topological polar surface area (TPSA) is 83.1 Å². The SMILES string of the molecule is Cc1cc(=O)oc2cc(N=C3S/C(=C\c4ccc(F)cc4F)C(=O)N3CCO)ccc12. The standard InChI is InChI=1S/C22H16F2N2O4S/c1-12-8-20(28)30-18-11-15(4-5-16(12)18)25-22-26(6-7-27)21(29)19(31-22)9-13-2-3-14(23)10-17(13)24/h2-5,8-11,27H,6-7H2,1H3/b19-9-,25-22?. The minimum absolute atomic E-state index is 0.00429. The van der Waals surface area contributed by atoms with Crippen LogP contribution in [0.1, 0.15) is 11.1 Å². The summed E-state index contributed by atoms with van der Waals surface area (Å²) in [6.45, 7) is 1.50. The molecule has 4 rings (SSSR count). The molecule has 1 aromatic heterocycles. The molecule has 31 heavy (non-hydrogen) atoms. The molecule has 1 aliphatic rings. The van der Waals surface area contributed by atoms with Crippen LogP contribution in [0.2, 0.25) is 0 Å². The Morgan fingerprint density at radius 3 is 2.71 bits per heavy atom. The second kappa shape index (κ2) is 8.44. The Labute approximate surface area is 179 Å². The molecule has 1 fully saturated rings. The summed E-state index contributed by atoms with van der Waals surface area (Å²) in [5.41, 5.74) is 1.15. The van der Waals surface area contributed by atoms with Crippen molar-refractivity contribution < 1.29 is 23.1 Å². The van der Waals surface area contributed by atoms with E-state index in [-0.39, 0.29) is 28.8 Å². The Bertz CT molecular complexity index is 1320. The molecule has 9 heteroatoms. The number of halogens is 2. The Hall–Kier alpha value is -3.30. The molecule has 1 aliphatic heterocycles. The summed E-state index contributed by atoms with van der Waals surface area (Å²) in [5, 5.41) is 10.4. The second-order valence-electron chi connectivity index (χ2n) is 6.78. The van der Waals surface area contributed by atoms with Crippen LogP contribution in [0.3, 0.4) is 0 Å². The van der Waals surface area contributed by atoms with E-state index in [9.17, 15) is 23.5 Å². The van der Waals surface area contributed by atoms with Crippen LogP contribution in [0.25, 0.3) is 17.0 Å². The average molecular weight is 442 g/mol. The molecule has 6 nitrogen and oxygen atoms in total. The number of aliphatic imine (C=N–C) groups is 1. The van der Waals surface area contributed by atoms with Gasteiger partial charge in [-0.1, -0.05) is 0 Å². The van der Waals surface area contributed by atoms with E-state index < -0.39 is 23.2 Å². The number of aliphatic hydroxyl groups excluding tert-OH is 1. The van der Waals surface area contributed by atoms with Gasteiger partial charge in [-0.2, -0.15) is 0 Å². The summed E-state index contributed by atoms with van der Waals surface area (Å²) in [6.07, 6.45) is 1.32. The Balaban J connectivity index is 1.73. The van der Waals surface area contributed by atoms with Gasteiger partial charge in [-0.3, -0.25) is 9.69 Å². The fourth-order valence-electron chi connectivity index (χ4n) is 3.14. The van der Waals surface area contributed by atoms with Crippen molar-refractivity contribution in [3.8, 4) is 0 Å². The van der Waals surface area contributed by atoms with Gasteiger partial charge in [0.15, 0.2) is 5.17 Å². The number of aliphatic hydroxyl groups is 1. The molecular formula is C22H16F2N2O4S. The second-order valence-corrected chi connectivity index (χ2v) is 7.79. The van der Waals surface area contributed by atoms with E-state index in [1.165, 1.54) is 23.1 Å². The van der Waals surface area contributed by atoms with Crippen LogP contribution >= 0.6 is 11.8 Å². The molecular weight excluding hydrogens is 426 g/mol. The maximum Gasteiger partial charge on any atom is 0.336 e. The van der Waals surface area contributed by atoms with Crippen molar-refractivity contribution in [3.05, 3.63) is 80.6 Å². The van der Waals surface area contributed by atoms with Crippen molar-refractivity contribution in [2.24, 2.45) is 4.99 Å². The maximum atomic E-state index is 14.0. The van der Waals surface area contributed by atoms with E-state index >= 15 is 0 Å². The van der Waals surface area contributed by atoms with Crippen LogP contribution in [0.15, 0.2) is 61.6 Å². The van der Waals surface area contributed by atoms with Crippen molar-refractivity contribution in [2.45, 2.75) is 6.92 Å². The number of aryl methyl sites for hydroxylation is 1. The predicted octanol–water partition coefficient (Wildman–Crippen LogP) is 3.98. The molecule has 2 heterocycles.